The lowest BCUT2D eigenvalue weighted by molar-refractivity contribution is -0.137. The van der Waals surface area contributed by atoms with Crippen molar-refractivity contribution in [1.82, 2.24) is 4.90 Å². The summed E-state index contributed by atoms with van der Waals surface area (Å²) in [6.45, 7) is 0.165. The smallest absolute Gasteiger partial charge is 0.286 e. The SMILES string of the molecule is CN(CCc1cc(F)ccc1F)C(=O)C=O. The molecule has 1 amide bonds. The summed E-state index contributed by atoms with van der Waals surface area (Å²) in [6, 6.07) is 3.14. The monoisotopic (exact) mass is 227 g/mol. The van der Waals surface area contributed by atoms with Gasteiger partial charge >= 0.3 is 0 Å². The Labute approximate surface area is 91.7 Å². The van der Waals surface area contributed by atoms with Crippen molar-refractivity contribution < 1.29 is 18.4 Å². The van der Waals surface area contributed by atoms with Gasteiger partial charge < -0.3 is 4.90 Å². The number of halogens is 2. The van der Waals surface area contributed by atoms with Gasteiger partial charge in [-0.15, -0.1) is 0 Å². The van der Waals surface area contributed by atoms with Gasteiger partial charge in [0.25, 0.3) is 5.91 Å². The number of hydrogen-bond acceptors (Lipinski definition) is 2. The molecule has 0 fully saturated rings. The Bertz CT molecular complexity index is 407. The van der Waals surface area contributed by atoms with Crippen LogP contribution in [-0.4, -0.2) is 30.7 Å². The van der Waals surface area contributed by atoms with Crippen LogP contribution in [0.4, 0.5) is 8.78 Å². The highest BCUT2D eigenvalue weighted by Crippen LogP contribution is 2.10. The molecule has 0 aromatic heterocycles. The lowest BCUT2D eigenvalue weighted by Crippen LogP contribution is -2.29. The lowest BCUT2D eigenvalue weighted by Gasteiger charge is -2.13. The van der Waals surface area contributed by atoms with E-state index in [9.17, 15) is 18.4 Å². The molecule has 1 rings (SSSR count). The molecule has 0 saturated heterocycles. The van der Waals surface area contributed by atoms with Crippen molar-refractivity contribution in [2.75, 3.05) is 13.6 Å². The number of nitrogens with zero attached hydrogens (tertiary/aromatic N) is 1. The summed E-state index contributed by atoms with van der Waals surface area (Å²) in [7, 11) is 1.42. The third-order valence-corrected chi connectivity index (χ3v) is 2.20. The fourth-order valence-electron chi connectivity index (χ4n) is 1.22. The molecule has 0 N–H and O–H groups in total. The Kier molecular flexibility index (Phi) is 4.10. The molecular weight excluding hydrogens is 216 g/mol. The molecule has 0 unspecified atom stereocenters. The van der Waals surface area contributed by atoms with E-state index in [0.29, 0.717) is 0 Å². The normalized spacial score (nSPS) is 9.94. The molecule has 0 spiro atoms. The van der Waals surface area contributed by atoms with E-state index in [1.54, 1.807) is 0 Å². The standard InChI is InChI=1S/C11H11F2NO2/c1-14(11(16)7-15)5-4-8-6-9(12)2-3-10(8)13/h2-3,6-7H,4-5H2,1H3. The van der Waals surface area contributed by atoms with Gasteiger partial charge in [-0.3, -0.25) is 9.59 Å². The summed E-state index contributed by atoms with van der Waals surface area (Å²) in [4.78, 5) is 22.2. The van der Waals surface area contributed by atoms with E-state index in [4.69, 9.17) is 0 Å². The van der Waals surface area contributed by atoms with E-state index in [0.717, 1.165) is 23.1 Å². The van der Waals surface area contributed by atoms with Crippen LogP contribution in [0.15, 0.2) is 18.2 Å². The molecule has 16 heavy (non-hydrogen) atoms. The van der Waals surface area contributed by atoms with Crippen molar-refractivity contribution in [3.8, 4) is 0 Å². The predicted octanol–water partition coefficient (Wildman–Crippen LogP) is 1.16. The maximum atomic E-state index is 13.2. The molecule has 0 atom stereocenters. The fraction of sp³-hybridized carbons (Fsp3) is 0.273. The Balaban J connectivity index is 2.64. The van der Waals surface area contributed by atoms with Crippen molar-refractivity contribution in [2.24, 2.45) is 0 Å². The van der Waals surface area contributed by atoms with E-state index in [2.05, 4.69) is 0 Å². The molecule has 3 nitrogen and oxygen atoms in total. The Morgan fingerprint density at radius 3 is 2.75 bits per heavy atom. The minimum absolute atomic E-state index is 0.165. The third-order valence-electron chi connectivity index (χ3n) is 2.20. The average Bonchev–Trinajstić information content (AvgIpc) is 2.28. The molecule has 0 heterocycles. The van der Waals surface area contributed by atoms with Gasteiger partial charge in [0.1, 0.15) is 11.6 Å². The van der Waals surface area contributed by atoms with Crippen molar-refractivity contribution in [1.29, 1.82) is 0 Å². The summed E-state index contributed by atoms with van der Waals surface area (Å²) in [5.74, 6) is -1.73. The van der Waals surface area contributed by atoms with E-state index < -0.39 is 17.5 Å². The molecule has 1 aromatic rings. The van der Waals surface area contributed by atoms with Crippen LogP contribution in [-0.2, 0) is 16.0 Å². The lowest BCUT2D eigenvalue weighted by atomic mass is 10.1. The molecule has 0 saturated carbocycles. The zero-order valence-corrected chi connectivity index (χ0v) is 8.74. The van der Waals surface area contributed by atoms with Crippen LogP contribution in [0.1, 0.15) is 5.56 Å². The van der Waals surface area contributed by atoms with Crippen molar-refractivity contribution in [2.45, 2.75) is 6.42 Å². The first-order chi connectivity index (χ1) is 7.54. The quantitative estimate of drug-likeness (QED) is 0.572. The first kappa shape index (κ1) is 12.3. The van der Waals surface area contributed by atoms with Crippen molar-refractivity contribution >= 4 is 12.2 Å². The van der Waals surface area contributed by atoms with Gasteiger partial charge in [-0.1, -0.05) is 0 Å². The van der Waals surface area contributed by atoms with Crippen molar-refractivity contribution in [3.05, 3.63) is 35.4 Å². The molecular formula is C11H11F2NO2. The topological polar surface area (TPSA) is 37.4 Å². The predicted molar refractivity (Wildman–Crippen MR) is 53.8 cm³/mol. The van der Waals surface area contributed by atoms with Gasteiger partial charge in [0, 0.05) is 13.6 Å². The minimum atomic E-state index is -0.684. The summed E-state index contributed by atoms with van der Waals surface area (Å²) in [6.07, 6.45) is 0.349. The second-order valence-corrected chi connectivity index (χ2v) is 3.36. The molecule has 0 aliphatic rings. The van der Waals surface area contributed by atoms with Crippen LogP contribution in [0.25, 0.3) is 0 Å². The second kappa shape index (κ2) is 5.34. The highest BCUT2D eigenvalue weighted by Gasteiger charge is 2.09. The Morgan fingerprint density at radius 1 is 1.44 bits per heavy atom. The average molecular weight is 227 g/mol. The highest BCUT2D eigenvalue weighted by atomic mass is 19.1. The molecule has 0 radical (unpaired) electrons. The van der Waals surface area contributed by atoms with Crippen LogP contribution in [0, 0.1) is 11.6 Å². The van der Waals surface area contributed by atoms with Gasteiger partial charge in [-0.2, -0.15) is 0 Å². The minimum Gasteiger partial charge on any atom is -0.339 e. The zero-order chi connectivity index (χ0) is 12.1. The van der Waals surface area contributed by atoms with Gasteiger partial charge in [0.2, 0.25) is 6.29 Å². The third kappa shape index (κ3) is 3.12. The van der Waals surface area contributed by atoms with Crippen LogP contribution < -0.4 is 0 Å². The van der Waals surface area contributed by atoms with Gasteiger partial charge in [0.05, 0.1) is 0 Å². The molecule has 0 aliphatic carbocycles. The van der Waals surface area contributed by atoms with Gasteiger partial charge in [-0.25, -0.2) is 8.78 Å². The molecule has 0 bridgehead atoms. The summed E-state index contributed by atoms with van der Waals surface area (Å²) >= 11 is 0. The summed E-state index contributed by atoms with van der Waals surface area (Å²) in [5.41, 5.74) is 0.186. The number of aldehydes is 1. The molecule has 86 valence electrons. The Morgan fingerprint density at radius 2 is 2.12 bits per heavy atom. The highest BCUT2D eigenvalue weighted by molar-refractivity contribution is 6.23. The van der Waals surface area contributed by atoms with Crippen LogP contribution in [0.3, 0.4) is 0 Å². The first-order valence-electron chi connectivity index (χ1n) is 4.69. The van der Waals surface area contributed by atoms with Crippen molar-refractivity contribution in [3.63, 3.8) is 0 Å². The number of carbonyl (C=O) groups excluding carboxylic acids is 2. The van der Waals surface area contributed by atoms with Crippen LogP contribution in [0.2, 0.25) is 0 Å². The largest absolute Gasteiger partial charge is 0.339 e. The van der Waals surface area contributed by atoms with E-state index in [1.807, 2.05) is 0 Å². The first-order valence-corrected chi connectivity index (χ1v) is 4.69. The number of benzene rings is 1. The van der Waals surface area contributed by atoms with Gasteiger partial charge in [-0.05, 0) is 30.2 Å². The zero-order valence-electron chi connectivity index (χ0n) is 8.74. The molecule has 1 aromatic carbocycles. The number of hydrogen-bond donors (Lipinski definition) is 0. The maximum absolute atomic E-state index is 13.2. The summed E-state index contributed by atoms with van der Waals surface area (Å²) in [5, 5.41) is 0. The maximum Gasteiger partial charge on any atom is 0.286 e. The number of carbonyl (C=O) groups is 2. The molecule has 5 heteroatoms. The summed E-state index contributed by atoms with van der Waals surface area (Å²) < 4.78 is 26.0. The van der Waals surface area contributed by atoms with Crippen LogP contribution in [0.5, 0.6) is 0 Å². The molecule has 0 aliphatic heterocycles. The number of rotatable bonds is 4. The van der Waals surface area contributed by atoms with Crippen LogP contribution >= 0.6 is 0 Å². The fourth-order valence-corrected chi connectivity index (χ4v) is 1.22. The number of amides is 1. The van der Waals surface area contributed by atoms with Gasteiger partial charge in [0.15, 0.2) is 0 Å². The van der Waals surface area contributed by atoms with E-state index in [-0.39, 0.29) is 24.8 Å². The number of likely N-dealkylation sites (N-methyl/N-ethyl adjacent to an activating group) is 1. The van der Waals surface area contributed by atoms with E-state index >= 15 is 0 Å². The van der Waals surface area contributed by atoms with E-state index in [1.165, 1.54) is 7.05 Å². The Hall–Kier alpha value is -1.78. The second-order valence-electron chi connectivity index (χ2n) is 3.36.